The first-order chi connectivity index (χ1) is 13.0. The standard InChI is InChI=1S/C20H24N2O4S/c1-2-26-18-10-6-9-17(14-18)21-20(23)16-8-7-13-22(15-16)27(24,25)19-11-4-3-5-12-19/h3-6,9-12,14,16H,2,7-8,13,15H2,1H3,(H,21,23). The van der Waals surface area contributed by atoms with E-state index >= 15 is 0 Å². The van der Waals surface area contributed by atoms with Crippen molar-refractivity contribution in [2.45, 2.75) is 24.7 Å². The van der Waals surface area contributed by atoms with E-state index in [-0.39, 0.29) is 23.3 Å². The third kappa shape index (κ3) is 4.67. The summed E-state index contributed by atoms with van der Waals surface area (Å²) < 4.78 is 32.5. The van der Waals surface area contributed by atoms with Gasteiger partial charge in [0.15, 0.2) is 0 Å². The highest BCUT2D eigenvalue weighted by Crippen LogP contribution is 2.25. The molecule has 1 atom stereocenters. The Bertz CT molecular complexity index is 884. The molecular formula is C20H24N2O4S. The number of carbonyl (C=O) groups excluding carboxylic acids is 1. The van der Waals surface area contributed by atoms with Crippen LogP contribution in [0.15, 0.2) is 59.5 Å². The summed E-state index contributed by atoms with van der Waals surface area (Å²) in [6.07, 6.45) is 1.32. The van der Waals surface area contributed by atoms with E-state index in [1.807, 2.05) is 19.1 Å². The van der Waals surface area contributed by atoms with Crippen LogP contribution in [0.1, 0.15) is 19.8 Å². The first-order valence-electron chi connectivity index (χ1n) is 9.09. The second-order valence-corrected chi connectivity index (χ2v) is 8.40. The molecule has 144 valence electrons. The van der Waals surface area contributed by atoms with E-state index in [0.29, 0.717) is 37.4 Å². The van der Waals surface area contributed by atoms with Crippen LogP contribution in [-0.4, -0.2) is 38.3 Å². The van der Waals surface area contributed by atoms with E-state index in [0.717, 1.165) is 0 Å². The second kappa shape index (κ2) is 8.54. The third-order valence-electron chi connectivity index (χ3n) is 4.55. The Labute approximate surface area is 160 Å². The summed E-state index contributed by atoms with van der Waals surface area (Å²) in [7, 11) is -3.58. The number of piperidine rings is 1. The maximum absolute atomic E-state index is 12.8. The fourth-order valence-corrected chi connectivity index (χ4v) is 4.74. The molecule has 0 saturated carbocycles. The zero-order valence-corrected chi connectivity index (χ0v) is 16.1. The van der Waals surface area contributed by atoms with Crippen LogP contribution in [0.3, 0.4) is 0 Å². The van der Waals surface area contributed by atoms with Crippen molar-refractivity contribution in [2.75, 3.05) is 25.0 Å². The Balaban J connectivity index is 1.69. The number of hydrogen-bond donors (Lipinski definition) is 1. The summed E-state index contributed by atoms with van der Waals surface area (Å²) >= 11 is 0. The predicted octanol–water partition coefficient (Wildman–Crippen LogP) is 3.12. The summed E-state index contributed by atoms with van der Waals surface area (Å²) in [5.74, 6) is 0.136. The van der Waals surface area contributed by atoms with Crippen molar-refractivity contribution in [3.05, 3.63) is 54.6 Å². The van der Waals surface area contributed by atoms with Crippen molar-refractivity contribution in [1.82, 2.24) is 4.31 Å². The van der Waals surface area contributed by atoms with E-state index in [4.69, 9.17) is 4.74 Å². The van der Waals surface area contributed by atoms with E-state index in [1.54, 1.807) is 42.5 Å². The number of anilines is 1. The van der Waals surface area contributed by atoms with Crippen molar-refractivity contribution < 1.29 is 17.9 Å². The van der Waals surface area contributed by atoms with Gasteiger partial charge in [0, 0.05) is 24.8 Å². The van der Waals surface area contributed by atoms with Crippen molar-refractivity contribution in [1.29, 1.82) is 0 Å². The number of benzene rings is 2. The molecule has 0 aromatic heterocycles. The lowest BCUT2D eigenvalue weighted by molar-refractivity contribution is -0.120. The molecule has 0 radical (unpaired) electrons. The smallest absolute Gasteiger partial charge is 0.243 e. The Morgan fingerprint density at radius 3 is 2.70 bits per heavy atom. The average molecular weight is 388 g/mol. The lowest BCUT2D eigenvalue weighted by atomic mass is 9.98. The van der Waals surface area contributed by atoms with Crippen LogP contribution in [0.4, 0.5) is 5.69 Å². The van der Waals surface area contributed by atoms with Crippen molar-refractivity contribution in [2.24, 2.45) is 5.92 Å². The van der Waals surface area contributed by atoms with Gasteiger partial charge in [0.25, 0.3) is 0 Å². The van der Waals surface area contributed by atoms with Gasteiger partial charge >= 0.3 is 0 Å². The molecule has 1 aliphatic heterocycles. The molecule has 6 nitrogen and oxygen atoms in total. The van der Waals surface area contributed by atoms with Crippen LogP contribution in [0.2, 0.25) is 0 Å². The Morgan fingerprint density at radius 1 is 1.19 bits per heavy atom. The number of rotatable bonds is 6. The summed E-state index contributed by atoms with van der Waals surface area (Å²) in [6, 6.07) is 15.5. The number of nitrogens with one attached hydrogen (secondary N) is 1. The van der Waals surface area contributed by atoms with E-state index < -0.39 is 10.0 Å². The van der Waals surface area contributed by atoms with Gasteiger partial charge in [-0.15, -0.1) is 0 Å². The monoisotopic (exact) mass is 388 g/mol. The molecule has 2 aromatic rings. The van der Waals surface area contributed by atoms with Gasteiger partial charge in [-0.05, 0) is 44.0 Å². The summed E-state index contributed by atoms with van der Waals surface area (Å²) in [5.41, 5.74) is 0.647. The van der Waals surface area contributed by atoms with Gasteiger partial charge in [0.05, 0.1) is 17.4 Å². The SMILES string of the molecule is CCOc1cccc(NC(=O)C2CCCN(S(=O)(=O)c3ccccc3)C2)c1. The molecule has 1 fully saturated rings. The quantitative estimate of drug-likeness (QED) is 0.825. The third-order valence-corrected chi connectivity index (χ3v) is 6.43. The Morgan fingerprint density at radius 2 is 1.96 bits per heavy atom. The topological polar surface area (TPSA) is 75.7 Å². The molecular weight excluding hydrogens is 364 g/mol. The van der Waals surface area contributed by atoms with E-state index in [2.05, 4.69) is 5.32 Å². The van der Waals surface area contributed by atoms with Gasteiger partial charge in [-0.1, -0.05) is 24.3 Å². The van der Waals surface area contributed by atoms with Gasteiger partial charge in [0.2, 0.25) is 15.9 Å². The normalized spacial score (nSPS) is 18.0. The van der Waals surface area contributed by atoms with Crippen molar-refractivity contribution >= 4 is 21.6 Å². The molecule has 3 rings (SSSR count). The fourth-order valence-electron chi connectivity index (χ4n) is 3.19. The number of sulfonamides is 1. The molecule has 0 aliphatic carbocycles. The molecule has 1 unspecified atom stereocenters. The van der Waals surface area contributed by atoms with Gasteiger partial charge < -0.3 is 10.1 Å². The molecule has 0 bridgehead atoms. The second-order valence-electron chi connectivity index (χ2n) is 6.47. The molecule has 2 aromatic carbocycles. The number of amides is 1. The minimum atomic E-state index is -3.58. The lowest BCUT2D eigenvalue weighted by Gasteiger charge is -2.31. The van der Waals surface area contributed by atoms with Gasteiger partial charge in [-0.3, -0.25) is 4.79 Å². The van der Waals surface area contributed by atoms with Crippen LogP contribution in [-0.2, 0) is 14.8 Å². The average Bonchev–Trinajstić information content (AvgIpc) is 2.69. The number of hydrogen-bond acceptors (Lipinski definition) is 4. The highest BCUT2D eigenvalue weighted by atomic mass is 32.2. The highest BCUT2D eigenvalue weighted by molar-refractivity contribution is 7.89. The maximum atomic E-state index is 12.8. The molecule has 7 heteroatoms. The molecule has 27 heavy (non-hydrogen) atoms. The number of ether oxygens (including phenoxy) is 1. The Kier molecular flexibility index (Phi) is 6.13. The largest absolute Gasteiger partial charge is 0.494 e. The fraction of sp³-hybridized carbons (Fsp3) is 0.350. The first-order valence-corrected chi connectivity index (χ1v) is 10.5. The van der Waals surface area contributed by atoms with E-state index in [9.17, 15) is 13.2 Å². The van der Waals surface area contributed by atoms with Crippen LogP contribution >= 0.6 is 0 Å². The lowest BCUT2D eigenvalue weighted by Crippen LogP contribution is -2.43. The molecule has 1 amide bonds. The van der Waals surface area contributed by atoms with Crippen LogP contribution in [0.25, 0.3) is 0 Å². The molecule has 1 saturated heterocycles. The van der Waals surface area contributed by atoms with Gasteiger partial charge in [0.1, 0.15) is 5.75 Å². The molecule has 1 heterocycles. The minimum Gasteiger partial charge on any atom is -0.494 e. The van der Waals surface area contributed by atoms with Gasteiger partial charge in [-0.25, -0.2) is 8.42 Å². The summed E-state index contributed by atoms with van der Waals surface area (Å²) in [4.78, 5) is 12.9. The molecule has 1 N–H and O–H groups in total. The van der Waals surface area contributed by atoms with Gasteiger partial charge in [-0.2, -0.15) is 4.31 Å². The molecule has 0 spiro atoms. The minimum absolute atomic E-state index is 0.170. The maximum Gasteiger partial charge on any atom is 0.243 e. The first kappa shape index (κ1) is 19.4. The van der Waals surface area contributed by atoms with E-state index in [1.165, 1.54) is 4.31 Å². The van der Waals surface area contributed by atoms with Crippen LogP contribution in [0, 0.1) is 5.92 Å². The number of carbonyl (C=O) groups is 1. The summed E-state index contributed by atoms with van der Waals surface area (Å²) in [6.45, 7) is 3.07. The van der Waals surface area contributed by atoms with Crippen molar-refractivity contribution in [3.8, 4) is 5.75 Å². The summed E-state index contributed by atoms with van der Waals surface area (Å²) in [5, 5.41) is 2.88. The Hall–Kier alpha value is -2.38. The zero-order valence-electron chi connectivity index (χ0n) is 15.3. The predicted molar refractivity (Wildman–Crippen MR) is 104 cm³/mol. The number of nitrogens with zero attached hydrogens (tertiary/aromatic N) is 1. The highest BCUT2D eigenvalue weighted by Gasteiger charge is 2.33. The van der Waals surface area contributed by atoms with Crippen LogP contribution in [0.5, 0.6) is 5.75 Å². The van der Waals surface area contributed by atoms with Crippen LogP contribution < -0.4 is 10.1 Å². The zero-order chi connectivity index (χ0) is 19.3. The van der Waals surface area contributed by atoms with Crippen molar-refractivity contribution in [3.63, 3.8) is 0 Å². The molecule has 1 aliphatic rings.